The maximum atomic E-state index is 13.4. The molecule has 0 aromatic heterocycles. The molecule has 2 bridgehead atoms. The Bertz CT molecular complexity index is 1260. The van der Waals surface area contributed by atoms with Crippen molar-refractivity contribution in [2.24, 2.45) is 5.92 Å². The van der Waals surface area contributed by atoms with E-state index in [4.69, 9.17) is 8.92 Å². The molecule has 0 amide bonds. The normalized spacial score (nSPS) is 26.0. The first kappa shape index (κ1) is 24.1. The Labute approximate surface area is 201 Å². The summed E-state index contributed by atoms with van der Waals surface area (Å²) in [4.78, 5) is 12.7. The third-order valence-corrected chi connectivity index (χ3v) is 8.58. The number of halogens is 3. The summed E-state index contributed by atoms with van der Waals surface area (Å²) in [6, 6.07) is 10.6. The van der Waals surface area contributed by atoms with E-state index in [2.05, 4.69) is 5.32 Å². The lowest BCUT2D eigenvalue weighted by Crippen LogP contribution is -2.60. The van der Waals surface area contributed by atoms with Crippen molar-refractivity contribution in [1.29, 1.82) is 0 Å². The molecule has 2 aromatic carbocycles. The van der Waals surface area contributed by atoms with Crippen LogP contribution in [0.3, 0.4) is 0 Å². The molecule has 1 saturated heterocycles. The molecule has 1 aliphatic heterocycles. The molecule has 0 spiro atoms. The van der Waals surface area contributed by atoms with Crippen LogP contribution < -0.4 is 14.2 Å². The molecular formula is C25H26F3NO5S. The highest BCUT2D eigenvalue weighted by Gasteiger charge is 2.57. The number of nitrogens with one attached hydrogen (secondary N) is 1. The van der Waals surface area contributed by atoms with Crippen LogP contribution in [0.25, 0.3) is 0 Å². The van der Waals surface area contributed by atoms with Gasteiger partial charge in [-0.2, -0.15) is 21.6 Å². The van der Waals surface area contributed by atoms with E-state index in [0.29, 0.717) is 37.8 Å². The Morgan fingerprint density at radius 1 is 1.20 bits per heavy atom. The molecule has 1 heterocycles. The summed E-state index contributed by atoms with van der Waals surface area (Å²) in [5.41, 5.74) is -3.75. The van der Waals surface area contributed by atoms with Gasteiger partial charge in [0.05, 0.1) is 0 Å². The molecule has 2 aliphatic carbocycles. The molecule has 35 heavy (non-hydrogen) atoms. The van der Waals surface area contributed by atoms with Crippen molar-refractivity contribution in [1.82, 2.24) is 5.32 Å². The first-order valence-corrected chi connectivity index (χ1v) is 13.0. The van der Waals surface area contributed by atoms with Gasteiger partial charge in [0.2, 0.25) is 0 Å². The van der Waals surface area contributed by atoms with Gasteiger partial charge < -0.3 is 14.2 Å². The zero-order valence-electron chi connectivity index (χ0n) is 19.2. The monoisotopic (exact) mass is 509 g/mol. The van der Waals surface area contributed by atoms with Gasteiger partial charge in [-0.05, 0) is 61.4 Å². The van der Waals surface area contributed by atoms with Crippen LogP contribution in [0.4, 0.5) is 13.2 Å². The van der Waals surface area contributed by atoms with E-state index in [-0.39, 0.29) is 36.5 Å². The van der Waals surface area contributed by atoms with Gasteiger partial charge in [0.25, 0.3) is 0 Å². The molecule has 5 rings (SSSR count). The largest absolute Gasteiger partial charge is 0.534 e. The third-order valence-electron chi connectivity index (χ3n) is 7.63. The van der Waals surface area contributed by atoms with Gasteiger partial charge in [-0.25, -0.2) is 0 Å². The second-order valence-electron chi connectivity index (χ2n) is 9.66. The molecule has 188 valence electrons. The molecule has 2 aromatic rings. The molecular weight excluding hydrogens is 483 g/mol. The number of benzene rings is 2. The summed E-state index contributed by atoms with van der Waals surface area (Å²) in [7, 11) is -5.96. The van der Waals surface area contributed by atoms with Crippen LogP contribution in [0, 0.1) is 12.8 Å². The molecule has 0 unspecified atom stereocenters. The van der Waals surface area contributed by atoms with E-state index in [1.54, 1.807) is 30.3 Å². The predicted octanol–water partition coefficient (Wildman–Crippen LogP) is 4.33. The van der Waals surface area contributed by atoms with Crippen LogP contribution in [0.15, 0.2) is 36.4 Å². The number of carbonyl (C=O) groups excluding carboxylic acids is 1. The lowest BCUT2D eigenvalue weighted by Gasteiger charge is -2.55. The topological polar surface area (TPSA) is 81.7 Å². The number of carbonyl (C=O) groups is 1. The number of piperidine rings is 1. The van der Waals surface area contributed by atoms with E-state index < -0.39 is 26.8 Å². The summed E-state index contributed by atoms with van der Waals surface area (Å²) in [6.07, 6.45) is 2.16. The number of ketones is 1. The summed E-state index contributed by atoms with van der Waals surface area (Å²) in [5, 5.41) is 3.50. The van der Waals surface area contributed by atoms with Crippen molar-refractivity contribution in [3.05, 3.63) is 58.7 Å². The second kappa shape index (κ2) is 8.51. The summed E-state index contributed by atoms with van der Waals surface area (Å²) < 4.78 is 75.6. The maximum Gasteiger partial charge on any atom is 0.534 e. The Morgan fingerprint density at radius 3 is 2.66 bits per heavy atom. The van der Waals surface area contributed by atoms with Gasteiger partial charge >= 0.3 is 15.6 Å². The van der Waals surface area contributed by atoms with Crippen molar-refractivity contribution in [2.75, 3.05) is 6.54 Å². The van der Waals surface area contributed by atoms with Gasteiger partial charge in [0, 0.05) is 29.9 Å². The molecule has 6 nitrogen and oxygen atoms in total. The zero-order valence-corrected chi connectivity index (χ0v) is 20.0. The first-order chi connectivity index (χ1) is 16.5. The number of hydrogen-bond acceptors (Lipinski definition) is 6. The highest BCUT2D eigenvalue weighted by atomic mass is 32.2. The van der Waals surface area contributed by atoms with Gasteiger partial charge in [0.1, 0.15) is 12.4 Å². The molecule has 3 aliphatic rings. The van der Waals surface area contributed by atoms with E-state index in [0.717, 1.165) is 16.7 Å². The first-order valence-electron chi connectivity index (χ1n) is 11.6. The molecule has 10 heteroatoms. The average Bonchev–Trinajstić information content (AvgIpc) is 2.79. The standard InChI is InChI=1S/C25H26F3NO5S/c1-15-11-21(33-14-16-5-3-2-4-6-16)23(34-35(31,32)25(26,27)28)22-18(15)12-20-19-8-7-17(30)13-24(19,22)9-10-29-20/h2-6,11,19-20,29H,7-10,12-14H2,1H3/t19-,20+,24-/m0/s1. The number of aryl methyl sites for hydroxylation is 1. The minimum atomic E-state index is -5.96. The SMILES string of the molecule is Cc1cc(OCc2ccccc2)c(OS(=O)(=O)C(F)(F)F)c2c1C[C@H]1NCC[C@@]23CC(=O)CC[C@@H]13. The number of hydrogen-bond donors (Lipinski definition) is 1. The van der Waals surface area contributed by atoms with Crippen molar-refractivity contribution in [3.63, 3.8) is 0 Å². The van der Waals surface area contributed by atoms with E-state index >= 15 is 0 Å². The van der Waals surface area contributed by atoms with Crippen molar-refractivity contribution >= 4 is 15.9 Å². The Hall–Kier alpha value is -2.59. The van der Waals surface area contributed by atoms with Crippen molar-refractivity contribution in [3.8, 4) is 11.5 Å². The average molecular weight is 510 g/mol. The summed E-state index contributed by atoms with van der Waals surface area (Å²) in [5.74, 6) is -0.492. The fourth-order valence-electron chi connectivity index (χ4n) is 6.16. The Balaban J connectivity index is 1.70. The molecule has 3 atom stereocenters. The van der Waals surface area contributed by atoms with Crippen LogP contribution >= 0.6 is 0 Å². The highest BCUT2D eigenvalue weighted by Crippen LogP contribution is 2.58. The van der Waals surface area contributed by atoms with E-state index in [1.807, 2.05) is 13.0 Å². The van der Waals surface area contributed by atoms with Crippen LogP contribution in [0.2, 0.25) is 0 Å². The lowest BCUT2D eigenvalue weighted by molar-refractivity contribution is -0.125. The fraction of sp³-hybridized carbons (Fsp3) is 0.480. The number of rotatable bonds is 5. The van der Waals surface area contributed by atoms with Crippen LogP contribution in [0.5, 0.6) is 11.5 Å². The fourth-order valence-corrected chi connectivity index (χ4v) is 6.64. The lowest BCUT2D eigenvalue weighted by atomic mass is 9.52. The molecule has 0 radical (unpaired) electrons. The summed E-state index contributed by atoms with van der Waals surface area (Å²) >= 11 is 0. The van der Waals surface area contributed by atoms with Crippen LogP contribution in [-0.2, 0) is 33.4 Å². The minimum Gasteiger partial charge on any atom is -0.485 e. The van der Waals surface area contributed by atoms with Gasteiger partial charge in [-0.1, -0.05) is 30.3 Å². The number of fused-ring (bicyclic) bond motifs is 1. The quantitative estimate of drug-likeness (QED) is 0.478. The molecule has 1 saturated carbocycles. The van der Waals surface area contributed by atoms with Crippen LogP contribution in [-0.4, -0.2) is 32.3 Å². The smallest absolute Gasteiger partial charge is 0.485 e. The molecule has 2 fully saturated rings. The Kier molecular flexibility index (Phi) is 5.87. The van der Waals surface area contributed by atoms with Gasteiger partial charge in [0.15, 0.2) is 11.5 Å². The zero-order chi connectivity index (χ0) is 25.0. The molecule has 1 N–H and O–H groups in total. The van der Waals surface area contributed by atoms with E-state index in [9.17, 15) is 26.4 Å². The second-order valence-corrected chi connectivity index (χ2v) is 11.2. The van der Waals surface area contributed by atoms with E-state index in [1.165, 1.54) is 0 Å². The number of ether oxygens (including phenoxy) is 1. The van der Waals surface area contributed by atoms with Crippen molar-refractivity contribution in [2.45, 2.75) is 62.6 Å². The highest BCUT2D eigenvalue weighted by molar-refractivity contribution is 7.88. The number of alkyl halides is 3. The third kappa shape index (κ3) is 4.10. The van der Waals surface area contributed by atoms with Crippen molar-refractivity contribution < 1.29 is 35.3 Å². The summed E-state index contributed by atoms with van der Waals surface area (Å²) in [6.45, 7) is 2.42. The minimum absolute atomic E-state index is 0.0128. The van der Waals surface area contributed by atoms with Crippen LogP contribution in [0.1, 0.15) is 47.9 Å². The number of Topliss-reactive ketones (excluding diaryl/α,β-unsaturated/α-hetero) is 1. The maximum absolute atomic E-state index is 13.4. The van der Waals surface area contributed by atoms with Gasteiger partial charge in [-0.3, -0.25) is 4.79 Å². The predicted molar refractivity (Wildman–Crippen MR) is 122 cm³/mol. The Morgan fingerprint density at radius 2 is 1.94 bits per heavy atom. The van der Waals surface area contributed by atoms with Gasteiger partial charge in [-0.15, -0.1) is 0 Å².